The van der Waals surface area contributed by atoms with Crippen LogP contribution in [0.2, 0.25) is 0 Å². The summed E-state index contributed by atoms with van der Waals surface area (Å²) in [7, 11) is 0. The Labute approximate surface area is 77.7 Å². The minimum Gasteiger partial charge on any atom is -0.256 e. The predicted molar refractivity (Wildman–Crippen MR) is 51.0 cm³/mol. The van der Waals surface area contributed by atoms with E-state index in [1.54, 1.807) is 6.07 Å². The van der Waals surface area contributed by atoms with Crippen molar-refractivity contribution in [2.75, 3.05) is 0 Å². The number of nitrogens with zero attached hydrogens (tertiary/aromatic N) is 2. The van der Waals surface area contributed by atoms with E-state index in [1.165, 1.54) is 0 Å². The van der Waals surface area contributed by atoms with E-state index in [0.717, 1.165) is 17.8 Å². The van der Waals surface area contributed by atoms with Gasteiger partial charge in [0.2, 0.25) is 0 Å². The number of hydrogen-bond acceptors (Lipinski definition) is 3. The molecular weight excluding hydrogens is 168 g/mol. The van der Waals surface area contributed by atoms with E-state index in [4.69, 9.17) is 5.26 Å². The zero-order valence-electron chi connectivity index (χ0n) is 6.91. The summed E-state index contributed by atoms with van der Waals surface area (Å²) in [5.41, 5.74) is 2.42. The lowest BCUT2D eigenvalue weighted by molar-refractivity contribution is 0.995. The Bertz CT molecular complexity index is 315. The van der Waals surface area contributed by atoms with Gasteiger partial charge in [-0.25, -0.2) is 0 Å². The van der Waals surface area contributed by atoms with E-state index < -0.39 is 0 Å². The van der Waals surface area contributed by atoms with Gasteiger partial charge in [-0.3, -0.25) is 4.98 Å². The predicted octanol–water partition coefficient (Wildman–Crippen LogP) is 1.95. The molecule has 12 heavy (non-hydrogen) atoms. The first-order valence-electron chi connectivity index (χ1n) is 3.81. The largest absolute Gasteiger partial charge is 0.256 e. The third kappa shape index (κ3) is 1.77. The van der Waals surface area contributed by atoms with Crippen LogP contribution in [0.15, 0.2) is 12.1 Å². The second kappa shape index (κ2) is 4.13. The second-order valence-corrected chi connectivity index (χ2v) is 2.74. The summed E-state index contributed by atoms with van der Waals surface area (Å²) in [6.07, 6.45) is 0.895. The molecule has 1 heterocycles. The van der Waals surface area contributed by atoms with E-state index >= 15 is 0 Å². The van der Waals surface area contributed by atoms with Gasteiger partial charge in [-0.05, 0) is 18.6 Å². The Morgan fingerprint density at radius 3 is 2.83 bits per heavy atom. The maximum Gasteiger partial charge on any atom is 0.101 e. The van der Waals surface area contributed by atoms with Crippen LogP contribution in [-0.4, -0.2) is 4.98 Å². The monoisotopic (exact) mass is 178 g/mol. The molecule has 1 rings (SSSR count). The first-order chi connectivity index (χ1) is 5.81. The van der Waals surface area contributed by atoms with Gasteiger partial charge in [0.25, 0.3) is 0 Å². The molecule has 2 nitrogen and oxygen atoms in total. The minimum absolute atomic E-state index is 0.525. The van der Waals surface area contributed by atoms with Gasteiger partial charge < -0.3 is 0 Å². The molecule has 1 aromatic heterocycles. The molecule has 0 N–H and O–H groups in total. The number of hydrogen-bond donors (Lipinski definition) is 1. The zero-order chi connectivity index (χ0) is 8.97. The smallest absolute Gasteiger partial charge is 0.101 e. The summed E-state index contributed by atoms with van der Waals surface area (Å²) in [5, 5.41) is 8.69. The van der Waals surface area contributed by atoms with Gasteiger partial charge >= 0.3 is 0 Å². The lowest BCUT2D eigenvalue weighted by Crippen LogP contribution is -1.95. The van der Waals surface area contributed by atoms with Crippen LogP contribution >= 0.6 is 12.6 Å². The Morgan fingerprint density at radius 1 is 1.58 bits per heavy atom. The first kappa shape index (κ1) is 9.08. The molecule has 0 bridgehead atoms. The lowest BCUT2D eigenvalue weighted by Gasteiger charge is -2.01. The van der Waals surface area contributed by atoms with Gasteiger partial charge in [-0.2, -0.15) is 17.9 Å². The lowest BCUT2D eigenvalue weighted by atomic mass is 10.2. The van der Waals surface area contributed by atoms with Crippen molar-refractivity contribution in [1.29, 1.82) is 5.26 Å². The summed E-state index contributed by atoms with van der Waals surface area (Å²) in [4.78, 5) is 4.28. The first-order valence-corrected chi connectivity index (χ1v) is 4.44. The summed E-state index contributed by atoms with van der Waals surface area (Å²) in [5.74, 6) is 0.525. The van der Waals surface area contributed by atoms with E-state index in [2.05, 4.69) is 23.7 Å². The van der Waals surface area contributed by atoms with Crippen LogP contribution in [0.3, 0.4) is 0 Å². The summed E-state index contributed by atoms with van der Waals surface area (Å²) in [6.45, 7) is 2.04. The molecule has 0 radical (unpaired) electrons. The maximum absolute atomic E-state index is 8.69. The van der Waals surface area contributed by atoms with Gasteiger partial charge in [0.1, 0.15) is 6.07 Å². The molecule has 0 atom stereocenters. The third-order valence-electron chi connectivity index (χ3n) is 1.66. The summed E-state index contributed by atoms with van der Waals surface area (Å²) < 4.78 is 0. The van der Waals surface area contributed by atoms with Crippen LogP contribution in [0.5, 0.6) is 0 Å². The van der Waals surface area contributed by atoms with E-state index in [1.807, 2.05) is 13.0 Å². The number of rotatable bonds is 2. The quantitative estimate of drug-likeness (QED) is 0.703. The van der Waals surface area contributed by atoms with Crippen molar-refractivity contribution in [3.05, 3.63) is 29.1 Å². The number of nitriles is 1. The Hall–Kier alpha value is -1.01. The molecule has 0 saturated heterocycles. The van der Waals surface area contributed by atoms with Crippen LogP contribution in [-0.2, 0) is 12.2 Å². The fraction of sp³-hybridized carbons (Fsp3) is 0.333. The van der Waals surface area contributed by atoms with Crippen LogP contribution < -0.4 is 0 Å². The van der Waals surface area contributed by atoms with Gasteiger partial charge in [0, 0.05) is 11.4 Å². The zero-order valence-corrected chi connectivity index (χ0v) is 7.80. The van der Waals surface area contributed by atoms with Gasteiger partial charge in [0.05, 0.1) is 11.3 Å². The van der Waals surface area contributed by atoms with Crippen molar-refractivity contribution in [2.45, 2.75) is 19.1 Å². The molecule has 0 aliphatic carbocycles. The minimum atomic E-state index is 0.525. The average molecular weight is 178 g/mol. The van der Waals surface area contributed by atoms with Crippen LogP contribution in [0.1, 0.15) is 23.9 Å². The molecule has 0 saturated carbocycles. The fourth-order valence-corrected chi connectivity index (χ4v) is 1.21. The molecule has 0 aliphatic rings. The molecule has 0 unspecified atom stereocenters. The molecule has 0 aliphatic heterocycles. The van der Waals surface area contributed by atoms with Crippen molar-refractivity contribution in [1.82, 2.24) is 4.98 Å². The Balaban J connectivity index is 3.13. The van der Waals surface area contributed by atoms with Crippen LogP contribution in [0.25, 0.3) is 0 Å². The van der Waals surface area contributed by atoms with Gasteiger partial charge in [-0.1, -0.05) is 6.92 Å². The second-order valence-electron chi connectivity index (χ2n) is 2.42. The van der Waals surface area contributed by atoms with Crippen molar-refractivity contribution in [2.24, 2.45) is 0 Å². The van der Waals surface area contributed by atoms with Crippen molar-refractivity contribution in [3.8, 4) is 6.07 Å². The van der Waals surface area contributed by atoms with Crippen molar-refractivity contribution < 1.29 is 0 Å². The number of aromatic nitrogens is 1. The highest BCUT2D eigenvalue weighted by Crippen LogP contribution is 2.09. The van der Waals surface area contributed by atoms with Crippen molar-refractivity contribution in [3.63, 3.8) is 0 Å². The molecule has 1 aromatic rings. The van der Waals surface area contributed by atoms with Crippen LogP contribution in [0, 0.1) is 11.3 Å². The van der Waals surface area contributed by atoms with Gasteiger partial charge in [0.15, 0.2) is 0 Å². The highest BCUT2D eigenvalue weighted by molar-refractivity contribution is 7.79. The number of aryl methyl sites for hydroxylation is 1. The molecule has 0 fully saturated rings. The molecule has 0 aromatic carbocycles. The SMILES string of the molecule is CCc1ccc(C#N)c(CS)n1. The van der Waals surface area contributed by atoms with E-state index in [-0.39, 0.29) is 0 Å². The summed E-state index contributed by atoms with van der Waals surface area (Å²) in [6, 6.07) is 5.77. The van der Waals surface area contributed by atoms with Crippen LogP contribution in [0.4, 0.5) is 0 Å². The number of pyridine rings is 1. The fourth-order valence-electron chi connectivity index (χ4n) is 0.966. The van der Waals surface area contributed by atoms with E-state index in [0.29, 0.717) is 11.3 Å². The maximum atomic E-state index is 8.69. The molecule has 62 valence electrons. The Kier molecular flexibility index (Phi) is 3.12. The standard InChI is InChI=1S/C9H10N2S/c1-2-8-4-3-7(5-10)9(6-12)11-8/h3-4,12H,2,6H2,1H3. The third-order valence-corrected chi connectivity index (χ3v) is 1.96. The van der Waals surface area contributed by atoms with Gasteiger partial charge in [-0.15, -0.1) is 0 Å². The Morgan fingerprint density at radius 2 is 2.33 bits per heavy atom. The normalized spacial score (nSPS) is 9.42. The van der Waals surface area contributed by atoms with E-state index in [9.17, 15) is 0 Å². The molecular formula is C9H10N2S. The average Bonchev–Trinajstić information content (AvgIpc) is 2.16. The molecule has 3 heteroatoms. The molecule has 0 spiro atoms. The molecule has 0 amide bonds. The summed E-state index contributed by atoms with van der Waals surface area (Å²) >= 11 is 4.11. The number of thiol groups is 1. The highest BCUT2D eigenvalue weighted by Gasteiger charge is 2.01. The highest BCUT2D eigenvalue weighted by atomic mass is 32.1. The van der Waals surface area contributed by atoms with Crippen molar-refractivity contribution >= 4 is 12.6 Å². The topological polar surface area (TPSA) is 36.7 Å².